The minimum absolute atomic E-state index is 0.699. The molecule has 1 unspecified atom stereocenters. The summed E-state index contributed by atoms with van der Waals surface area (Å²) in [6.07, 6.45) is 2.33. The molecule has 31 heavy (non-hydrogen) atoms. The zero-order valence-corrected chi connectivity index (χ0v) is 18.6. The number of fused-ring (bicyclic) bond motifs is 3. The zero-order chi connectivity index (χ0) is 21.4. The molecule has 0 spiro atoms. The molecule has 1 nitrogen and oxygen atoms in total. The molecule has 1 heterocycles. The van der Waals surface area contributed by atoms with Gasteiger partial charge in [-0.3, -0.25) is 0 Å². The van der Waals surface area contributed by atoms with Crippen molar-refractivity contribution in [3.05, 3.63) is 102 Å². The van der Waals surface area contributed by atoms with Gasteiger partial charge in [-0.15, -0.1) is 0 Å². The highest BCUT2D eigenvalue weighted by atomic mass is 15.0. The van der Waals surface area contributed by atoms with E-state index in [9.17, 15) is 0 Å². The molecule has 0 fully saturated rings. The van der Waals surface area contributed by atoms with Crippen LogP contribution in [0.1, 0.15) is 31.4 Å². The average Bonchev–Trinajstić information content (AvgIpc) is 3.13. The lowest BCUT2D eigenvalue weighted by atomic mass is 9.98. The predicted octanol–water partition coefficient (Wildman–Crippen LogP) is 8.35. The van der Waals surface area contributed by atoms with E-state index in [1.165, 1.54) is 56.2 Å². The highest BCUT2D eigenvalue weighted by molar-refractivity contribution is 6.10. The molecule has 0 saturated heterocycles. The Morgan fingerprint density at radius 1 is 0.710 bits per heavy atom. The summed E-state index contributed by atoms with van der Waals surface area (Å²) in [6, 6.07) is 33.5. The second-order valence-electron chi connectivity index (χ2n) is 8.84. The normalized spacial score (nSPS) is 12.5. The van der Waals surface area contributed by atoms with Gasteiger partial charge in [0.1, 0.15) is 0 Å². The van der Waals surface area contributed by atoms with E-state index in [2.05, 4.69) is 116 Å². The summed E-state index contributed by atoms with van der Waals surface area (Å²) < 4.78 is 2.42. The molecule has 0 aliphatic heterocycles. The molecule has 0 amide bonds. The molecule has 0 bridgehead atoms. The summed E-state index contributed by atoms with van der Waals surface area (Å²) >= 11 is 0. The molecule has 0 radical (unpaired) electrons. The maximum Gasteiger partial charge on any atom is 0.0541 e. The van der Waals surface area contributed by atoms with Gasteiger partial charge in [-0.05, 0) is 66.3 Å². The van der Waals surface area contributed by atoms with Gasteiger partial charge < -0.3 is 4.57 Å². The maximum atomic E-state index is 2.42. The van der Waals surface area contributed by atoms with E-state index in [1.54, 1.807) is 0 Å². The third-order valence-electron chi connectivity index (χ3n) is 6.47. The summed E-state index contributed by atoms with van der Waals surface area (Å²) in [5, 5.41) is 2.61. The Hall–Kier alpha value is -3.32. The van der Waals surface area contributed by atoms with Gasteiger partial charge in [-0.2, -0.15) is 0 Å². The second-order valence-corrected chi connectivity index (χ2v) is 8.84. The minimum Gasteiger partial charge on any atom is -0.309 e. The Balaban J connectivity index is 1.71. The van der Waals surface area contributed by atoms with Crippen molar-refractivity contribution in [2.75, 3.05) is 0 Å². The van der Waals surface area contributed by atoms with Crippen LogP contribution in [0.3, 0.4) is 0 Å². The number of benzene rings is 4. The topological polar surface area (TPSA) is 4.93 Å². The smallest absolute Gasteiger partial charge is 0.0541 e. The van der Waals surface area contributed by atoms with Gasteiger partial charge >= 0.3 is 0 Å². The molecule has 1 atom stereocenters. The first kappa shape index (κ1) is 19.6. The van der Waals surface area contributed by atoms with Crippen molar-refractivity contribution >= 4 is 21.8 Å². The molecule has 154 valence electrons. The van der Waals surface area contributed by atoms with Crippen LogP contribution in [0.4, 0.5) is 0 Å². The number of nitrogens with zero attached hydrogens (tertiary/aromatic N) is 1. The van der Waals surface area contributed by atoms with E-state index in [0.29, 0.717) is 5.92 Å². The number of hydrogen-bond donors (Lipinski definition) is 0. The Morgan fingerprint density at radius 2 is 1.48 bits per heavy atom. The number of hydrogen-bond acceptors (Lipinski definition) is 0. The number of aromatic nitrogens is 1. The van der Waals surface area contributed by atoms with Crippen molar-refractivity contribution in [2.45, 2.75) is 33.6 Å². The molecule has 1 aromatic heterocycles. The van der Waals surface area contributed by atoms with Gasteiger partial charge in [0.2, 0.25) is 0 Å². The highest BCUT2D eigenvalue weighted by Crippen LogP contribution is 2.35. The number of para-hydroxylation sites is 1. The van der Waals surface area contributed by atoms with Crippen molar-refractivity contribution in [1.82, 2.24) is 4.57 Å². The molecule has 0 aliphatic rings. The quantitative estimate of drug-likeness (QED) is 0.278. The van der Waals surface area contributed by atoms with Gasteiger partial charge in [0.25, 0.3) is 0 Å². The number of aryl methyl sites for hydroxylation is 1. The summed E-state index contributed by atoms with van der Waals surface area (Å²) in [5.74, 6) is 0.699. The Kier molecular flexibility index (Phi) is 5.11. The van der Waals surface area contributed by atoms with Crippen molar-refractivity contribution in [3.63, 3.8) is 0 Å². The third kappa shape index (κ3) is 3.65. The standard InChI is InChI=1S/C30H29N/c1-4-21(2)17-23-10-8-12-26(19-23)31-29-14-6-5-13-27(29)28-20-25(15-16-30(28)31)24-11-7-9-22(3)18-24/h5-16,18-21H,4,17H2,1-3H3. The fourth-order valence-corrected chi connectivity index (χ4v) is 4.62. The summed E-state index contributed by atoms with van der Waals surface area (Å²) in [4.78, 5) is 0. The van der Waals surface area contributed by atoms with Gasteiger partial charge in [0, 0.05) is 16.5 Å². The van der Waals surface area contributed by atoms with E-state index in [0.717, 1.165) is 6.42 Å². The summed E-state index contributed by atoms with van der Waals surface area (Å²) in [7, 11) is 0. The van der Waals surface area contributed by atoms with Crippen LogP contribution >= 0.6 is 0 Å². The van der Waals surface area contributed by atoms with Crippen LogP contribution in [-0.4, -0.2) is 4.57 Å². The maximum absolute atomic E-state index is 2.42. The molecular weight excluding hydrogens is 374 g/mol. The first-order valence-corrected chi connectivity index (χ1v) is 11.3. The minimum atomic E-state index is 0.699. The molecule has 1 heteroatoms. The molecule has 4 aromatic carbocycles. The van der Waals surface area contributed by atoms with Gasteiger partial charge in [-0.1, -0.05) is 86.5 Å². The monoisotopic (exact) mass is 403 g/mol. The first-order chi connectivity index (χ1) is 15.1. The fraction of sp³-hybridized carbons (Fsp3) is 0.200. The predicted molar refractivity (Wildman–Crippen MR) is 134 cm³/mol. The van der Waals surface area contributed by atoms with E-state index in [1.807, 2.05) is 0 Å². The SMILES string of the molecule is CCC(C)Cc1cccc(-n2c3ccccc3c3cc(-c4cccc(C)c4)ccc32)c1. The van der Waals surface area contributed by atoms with Crippen LogP contribution < -0.4 is 0 Å². The Labute approximate surface area is 185 Å². The van der Waals surface area contributed by atoms with Crippen LogP contribution in [0.25, 0.3) is 38.6 Å². The highest BCUT2D eigenvalue weighted by Gasteiger charge is 2.13. The fourth-order valence-electron chi connectivity index (χ4n) is 4.62. The van der Waals surface area contributed by atoms with E-state index in [4.69, 9.17) is 0 Å². The van der Waals surface area contributed by atoms with Gasteiger partial charge in [0.15, 0.2) is 0 Å². The van der Waals surface area contributed by atoms with Gasteiger partial charge in [0.05, 0.1) is 11.0 Å². The molecular formula is C30H29N. The molecule has 5 rings (SSSR count). The lowest BCUT2D eigenvalue weighted by Gasteiger charge is -2.12. The Morgan fingerprint density at radius 3 is 2.32 bits per heavy atom. The largest absolute Gasteiger partial charge is 0.309 e. The van der Waals surface area contributed by atoms with Crippen LogP contribution in [0.5, 0.6) is 0 Å². The van der Waals surface area contributed by atoms with Crippen molar-refractivity contribution in [2.24, 2.45) is 5.92 Å². The summed E-state index contributed by atoms with van der Waals surface area (Å²) in [5.41, 5.74) is 9.01. The molecule has 5 aromatic rings. The molecule has 0 aliphatic carbocycles. The van der Waals surface area contributed by atoms with Crippen LogP contribution in [-0.2, 0) is 6.42 Å². The van der Waals surface area contributed by atoms with Crippen LogP contribution in [0.15, 0.2) is 91.0 Å². The van der Waals surface area contributed by atoms with Gasteiger partial charge in [-0.25, -0.2) is 0 Å². The first-order valence-electron chi connectivity index (χ1n) is 11.3. The van der Waals surface area contributed by atoms with Crippen LogP contribution in [0, 0.1) is 12.8 Å². The Bertz CT molecular complexity index is 1370. The zero-order valence-electron chi connectivity index (χ0n) is 18.6. The van der Waals surface area contributed by atoms with Crippen LogP contribution in [0.2, 0.25) is 0 Å². The lowest BCUT2D eigenvalue weighted by Crippen LogP contribution is -2.00. The summed E-state index contributed by atoms with van der Waals surface area (Å²) in [6.45, 7) is 6.76. The van der Waals surface area contributed by atoms with E-state index < -0.39 is 0 Å². The average molecular weight is 404 g/mol. The molecule has 0 N–H and O–H groups in total. The van der Waals surface area contributed by atoms with E-state index in [-0.39, 0.29) is 0 Å². The second kappa shape index (κ2) is 8.07. The van der Waals surface area contributed by atoms with Crippen molar-refractivity contribution in [3.8, 4) is 16.8 Å². The third-order valence-corrected chi connectivity index (χ3v) is 6.47. The lowest BCUT2D eigenvalue weighted by molar-refractivity contribution is 0.560. The van der Waals surface area contributed by atoms with Crippen molar-refractivity contribution in [1.29, 1.82) is 0 Å². The number of rotatable bonds is 5. The van der Waals surface area contributed by atoms with Crippen molar-refractivity contribution < 1.29 is 0 Å². The molecule has 0 saturated carbocycles. The van der Waals surface area contributed by atoms with E-state index >= 15 is 0 Å².